The Labute approximate surface area is 54.2 Å². The standard InChI is InChI=1S/C5H10N2O2/c1-6-7-5(9-3)4-8-2/h1,4H2,2-3H3. The summed E-state index contributed by atoms with van der Waals surface area (Å²) in [4.78, 5) is 0. The number of methoxy groups -OCH3 is 2. The van der Waals surface area contributed by atoms with Gasteiger partial charge in [-0.15, -0.1) is 5.10 Å². The molecule has 0 unspecified atom stereocenters. The third-order valence-corrected chi connectivity index (χ3v) is 0.686. The highest BCUT2D eigenvalue weighted by Gasteiger charge is 1.92. The Morgan fingerprint density at radius 1 is 1.56 bits per heavy atom. The van der Waals surface area contributed by atoms with E-state index in [1.54, 1.807) is 7.11 Å². The van der Waals surface area contributed by atoms with Crippen molar-refractivity contribution in [1.82, 2.24) is 0 Å². The van der Waals surface area contributed by atoms with Gasteiger partial charge in [-0.3, -0.25) is 0 Å². The predicted molar refractivity (Wildman–Crippen MR) is 35.9 cm³/mol. The number of rotatable bonds is 3. The SMILES string of the molecule is C=NN=C(COC)OC. The first-order valence-electron chi connectivity index (χ1n) is 2.40. The van der Waals surface area contributed by atoms with E-state index < -0.39 is 0 Å². The lowest BCUT2D eigenvalue weighted by molar-refractivity contribution is 0.218. The maximum atomic E-state index is 4.72. The van der Waals surface area contributed by atoms with Crippen LogP contribution in [0.5, 0.6) is 0 Å². The molecule has 4 nitrogen and oxygen atoms in total. The van der Waals surface area contributed by atoms with Crippen molar-refractivity contribution in [3.8, 4) is 0 Å². The average molecular weight is 130 g/mol. The van der Waals surface area contributed by atoms with Gasteiger partial charge in [0, 0.05) is 13.8 Å². The summed E-state index contributed by atoms with van der Waals surface area (Å²) >= 11 is 0. The largest absolute Gasteiger partial charge is 0.481 e. The topological polar surface area (TPSA) is 43.2 Å². The van der Waals surface area contributed by atoms with E-state index in [0.29, 0.717) is 12.5 Å². The van der Waals surface area contributed by atoms with E-state index in [-0.39, 0.29) is 0 Å². The molecule has 0 N–H and O–H groups in total. The normalized spacial score (nSPS) is 11.1. The van der Waals surface area contributed by atoms with Crippen molar-refractivity contribution in [3.05, 3.63) is 0 Å². The summed E-state index contributed by atoms with van der Waals surface area (Å²) in [6.45, 7) is 3.49. The molecule has 4 heteroatoms. The zero-order valence-electron chi connectivity index (χ0n) is 5.63. The Kier molecular flexibility index (Phi) is 4.72. The Balaban J connectivity index is 3.66. The lowest BCUT2D eigenvalue weighted by Crippen LogP contribution is -2.08. The van der Waals surface area contributed by atoms with Gasteiger partial charge in [0.15, 0.2) is 0 Å². The van der Waals surface area contributed by atoms with Crippen LogP contribution in [0.3, 0.4) is 0 Å². The molecule has 0 spiro atoms. The van der Waals surface area contributed by atoms with E-state index in [1.165, 1.54) is 7.11 Å². The first-order valence-corrected chi connectivity index (χ1v) is 2.40. The molecule has 0 heterocycles. The number of hydrogen-bond acceptors (Lipinski definition) is 4. The van der Waals surface area contributed by atoms with Gasteiger partial charge in [0.05, 0.1) is 7.11 Å². The smallest absolute Gasteiger partial charge is 0.234 e. The van der Waals surface area contributed by atoms with Crippen LogP contribution in [0, 0.1) is 0 Å². The maximum absolute atomic E-state index is 4.72. The molecule has 0 saturated carbocycles. The quantitative estimate of drug-likeness (QED) is 0.313. The number of ether oxygens (including phenoxy) is 2. The highest BCUT2D eigenvalue weighted by molar-refractivity contribution is 5.77. The van der Waals surface area contributed by atoms with Crippen molar-refractivity contribution in [2.75, 3.05) is 20.8 Å². The van der Waals surface area contributed by atoms with Gasteiger partial charge in [-0.05, 0) is 0 Å². The minimum Gasteiger partial charge on any atom is -0.481 e. The molecule has 0 aliphatic rings. The average Bonchev–Trinajstić information content (AvgIpc) is 1.88. The molecule has 0 aromatic heterocycles. The van der Waals surface area contributed by atoms with E-state index in [4.69, 9.17) is 9.47 Å². The van der Waals surface area contributed by atoms with Crippen molar-refractivity contribution in [1.29, 1.82) is 0 Å². The van der Waals surface area contributed by atoms with Crippen LogP contribution < -0.4 is 0 Å². The van der Waals surface area contributed by atoms with Gasteiger partial charge in [0.2, 0.25) is 5.90 Å². The molecule has 0 fully saturated rings. The van der Waals surface area contributed by atoms with Gasteiger partial charge in [-0.2, -0.15) is 5.10 Å². The van der Waals surface area contributed by atoms with Crippen molar-refractivity contribution in [2.45, 2.75) is 0 Å². The van der Waals surface area contributed by atoms with E-state index in [2.05, 4.69) is 16.9 Å². The van der Waals surface area contributed by atoms with Crippen molar-refractivity contribution in [3.63, 3.8) is 0 Å². The second kappa shape index (κ2) is 5.24. The molecule has 0 aromatic carbocycles. The van der Waals surface area contributed by atoms with Crippen LogP contribution in [0.1, 0.15) is 0 Å². The summed E-state index contributed by atoms with van der Waals surface area (Å²) in [5.74, 6) is 0.424. The van der Waals surface area contributed by atoms with Gasteiger partial charge < -0.3 is 9.47 Å². The Hall–Kier alpha value is -0.900. The monoisotopic (exact) mass is 130 g/mol. The van der Waals surface area contributed by atoms with Crippen LogP contribution in [-0.2, 0) is 9.47 Å². The molecule has 0 aliphatic carbocycles. The molecule has 0 aromatic rings. The fraction of sp³-hybridized carbons (Fsp3) is 0.600. The molecular formula is C5H10N2O2. The molecule has 0 saturated heterocycles. The molecule has 0 aliphatic heterocycles. The fourth-order valence-corrected chi connectivity index (χ4v) is 0.331. The summed E-state index contributed by atoms with van der Waals surface area (Å²) < 4.78 is 9.43. The third kappa shape index (κ3) is 3.66. The van der Waals surface area contributed by atoms with Gasteiger partial charge in [-0.25, -0.2) is 0 Å². The zero-order chi connectivity index (χ0) is 7.11. The summed E-state index contributed by atoms with van der Waals surface area (Å²) in [6.07, 6.45) is 0. The molecular weight excluding hydrogens is 120 g/mol. The first kappa shape index (κ1) is 8.10. The first-order chi connectivity index (χ1) is 4.35. The van der Waals surface area contributed by atoms with Crippen LogP contribution in [0.2, 0.25) is 0 Å². The van der Waals surface area contributed by atoms with Crippen LogP contribution in [0.15, 0.2) is 10.2 Å². The Morgan fingerprint density at radius 2 is 2.22 bits per heavy atom. The fourth-order valence-electron chi connectivity index (χ4n) is 0.331. The van der Waals surface area contributed by atoms with E-state index >= 15 is 0 Å². The van der Waals surface area contributed by atoms with E-state index in [9.17, 15) is 0 Å². The second-order valence-corrected chi connectivity index (χ2v) is 1.27. The molecule has 0 rings (SSSR count). The minimum atomic E-state index is 0.329. The lowest BCUT2D eigenvalue weighted by atomic mass is 10.7. The maximum Gasteiger partial charge on any atom is 0.234 e. The van der Waals surface area contributed by atoms with Crippen LogP contribution in [0.25, 0.3) is 0 Å². The van der Waals surface area contributed by atoms with E-state index in [0.717, 1.165) is 0 Å². The van der Waals surface area contributed by atoms with Crippen LogP contribution >= 0.6 is 0 Å². The second-order valence-electron chi connectivity index (χ2n) is 1.27. The third-order valence-electron chi connectivity index (χ3n) is 0.686. The highest BCUT2D eigenvalue weighted by atomic mass is 16.5. The molecule has 0 bridgehead atoms. The van der Waals surface area contributed by atoms with Gasteiger partial charge >= 0.3 is 0 Å². The number of hydrogen-bond donors (Lipinski definition) is 0. The van der Waals surface area contributed by atoms with Crippen LogP contribution in [-0.4, -0.2) is 33.4 Å². The van der Waals surface area contributed by atoms with Gasteiger partial charge in [0.25, 0.3) is 0 Å². The Morgan fingerprint density at radius 3 is 2.56 bits per heavy atom. The Bertz CT molecular complexity index is 112. The van der Waals surface area contributed by atoms with Crippen molar-refractivity contribution >= 4 is 12.6 Å². The van der Waals surface area contributed by atoms with Crippen molar-refractivity contribution in [2.24, 2.45) is 10.2 Å². The predicted octanol–water partition coefficient (Wildman–Crippen LogP) is 0.293. The molecule has 52 valence electrons. The molecule has 0 amide bonds. The number of nitrogens with zero attached hydrogens (tertiary/aromatic N) is 2. The molecule has 0 radical (unpaired) electrons. The van der Waals surface area contributed by atoms with Gasteiger partial charge in [0.1, 0.15) is 6.61 Å². The van der Waals surface area contributed by atoms with Crippen LogP contribution in [0.4, 0.5) is 0 Å². The lowest BCUT2D eigenvalue weighted by Gasteiger charge is -1.98. The summed E-state index contributed by atoms with van der Waals surface area (Å²) in [5, 5.41) is 6.77. The summed E-state index contributed by atoms with van der Waals surface area (Å²) in [7, 11) is 3.06. The summed E-state index contributed by atoms with van der Waals surface area (Å²) in [6, 6.07) is 0. The van der Waals surface area contributed by atoms with E-state index in [1.807, 2.05) is 0 Å². The highest BCUT2D eigenvalue weighted by Crippen LogP contribution is 1.80. The zero-order valence-corrected chi connectivity index (χ0v) is 5.63. The molecule has 0 atom stereocenters. The van der Waals surface area contributed by atoms with Crippen molar-refractivity contribution < 1.29 is 9.47 Å². The summed E-state index contributed by atoms with van der Waals surface area (Å²) in [5.41, 5.74) is 0. The van der Waals surface area contributed by atoms with Gasteiger partial charge in [-0.1, -0.05) is 0 Å². The minimum absolute atomic E-state index is 0.329. The molecule has 9 heavy (non-hydrogen) atoms.